The van der Waals surface area contributed by atoms with Crippen molar-refractivity contribution in [3.63, 3.8) is 0 Å². The van der Waals surface area contributed by atoms with Crippen molar-refractivity contribution in [1.29, 1.82) is 0 Å². The molecule has 24 heavy (non-hydrogen) atoms. The first kappa shape index (κ1) is 16.7. The second-order valence-electron chi connectivity index (χ2n) is 6.73. The van der Waals surface area contributed by atoms with Crippen molar-refractivity contribution in [2.45, 2.75) is 32.7 Å². The molecule has 0 spiro atoms. The number of hydrogen-bond acceptors (Lipinski definition) is 7. The van der Waals surface area contributed by atoms with Crippen molar-refractivity contribution >= 4 is 22.4 Å². The molecular weight excluding hydrogens is 326 g/mol. The topological polar surface area (TPSA) is 96.7 Å². The summed E-state index contributed by atoms with van der Waals surface area (Å²) in [5, 5.41) is 7.02. The van der Waals surface area contributed by atoms with Gasteiger partial charge in [0.05, 0.1) is 0 Å². The van der Waals surface area contributed by atoms with Crippen LogP contribution in [0.4, 0.5) is 5.13 Å². The Morgan fingerprint density at radius 1 is 1.33 bits per heavy atom. The van der Waals surface area contributed by atoms with E-state index < -0.39 is 0 Å². The number of nitrogens with two attached hydrogens (primary N) is 1. The van der Waals surface area contributed by atoms with Crippen LogP contribution in [0.1, 0.15) is 32.5 Å². The molecule has 2 N–H and O–H groups in total. The summed E-state index contributed by atoms with van der Waals surface area (Å²) in [6, 6.07) is 0. The van der Waals surface area contributed by atoms with Gasteiger partial charge in [-0.3, -0.25) is 0 Å². The highest BCUT2D eigenvalue weighted by Crippen LogP contribution is 2.20. The molecule has 0 radical (unpaired) electrons. The highest BCUT2D eigenvalue weighted by molar-refractivity contribution is 7.13. The second kappa shape index (κ2) is 6.76. The van der Waals surface area contributed by atoms with Gasteiger partial charge in [0.2, 0.25) is 5.89 Å². The van der Waals surface area contributed by atoms with Crippen LogP contribution in [0.2, 0.25) is 0 Å². The van der Waals surface area contributed by atoms with E-state index in [2.05, 4.69) is 29.9 Å². The number of thiazole rings is 1. The minimum absolute atomic E-state index is 0.160. The van der Waals surface area contributed by atoms with Crippen LogP contribution in [0.5, 0.6) is 0 Å². The highest BCUT2D eigenvalue weighted by Gasteiger charge is 2.22. The SMILES string of the molecule is CC(C)(C)c1nc(CN=C(N)N2CCN(c3nccs3)CC2)no1. The highest BCUT2D eigenvalue weighted by atomic mass is 32.1. The molecular formula is C15H23N7OS. The van der Waals surface area contributed by atoms with Crippen LogP contribution in [-0.4, -0.2) is 52.2 Å². The van der Waals surface area contributed by atoms with Gasteiger partial charge in [0, 0.05) is 43.2 Å². The molecule has 1 fully saturated rings. The van der Waals surface area contributed by atoms with Gasteiger partial charge in [0.1, 0.15) is 6.54 Å². The van der Waals surface area contributed by atoms with E-state index in [1.165, 1.54) is 0 Å². The lowest BCUT2D eigenvalue weighted by Gasteiger charge is -2.35. The summed E-state index contributed by atoms with van der Waals surface area (Å²) < 4.78 is 5.27. The van der Waals surface area contributed by atoms with Crippen molar-refractivity contribution in [2.24, 2.45) is 10.7 Å². The van der Waals surface area contributed by atoms with Gasteiger partial charge in [0.15, 0.2) is 16.9 Å². The van der Waals surface area contributed by atoms with Gasteiger partial charge in [-0.25, -0.2) is 9.98 Å². The third kappa shape index (κ3) is 3.84. The number of anilines is 1. The Morgan fingerprint density at radius 3 is 2.67 bits per heavy atom. The monoisotopic (exact) mass is 349 g/mol. The molecule has 0 aliphatic carbocycles. The molecule has 8 nitrogen and oxygen atoms in total. The molecule has 2 aromatic heterocycles. The predicted octanol–water partition coefficient (Wildman–Crippen LogP) is 1.46. The molecule has 2 aromatic rings. The van der Waals surface area contributed by atoms with E-state index in [4.69, 9.17) is 10.3 Å². The third-order valence-corrected chi connectivity index (χ3v) is 4.62. The summed E-state index contributed by atoms with van der Waals surface area (Å²) in [6.45, 7) is 9.86. The van der Waals surface area contributed by atoms with Gasteiger partial charge in [-0.05, 0) is 0 Å². The molecule has 130 valence electrons. The third-order valence-electron chi connectivity index (χ3n) is 3.79. The van der Waals surface area contributed by atoms with Crippen molar-refractivity contribution < 1.29 is 4.52 Å². The van der Waals surface area contributed by atoms with Gasteiger partial charge in [0.25, 0.3) is 0 Å². The smallest absolute Gasteiger partial charge is 0.232 e. The van der Waals surface area contributed by atoms with Gasteiger partial charge in [-0.15, -0.1) is 11.3 Å². The Kier molecular flexibility index (Phi) is 4.70. The normalized spacial score (nSPS) is 16.7. The van der Waals surface area contributed by atoms with Gasteiger partial charge in [-0.1, -0.05) is 25.9 Å². The molecule has 9 heteroatoms. The maximum atomic E-state index is 6.11. The minimum Gasteiger partial charge on any atom is -0.370 e. The number of piperazine rings is 1. The van der Waals surface area contributed by atoms with E-state index in [1.807, 2.05) is 32.3 Å². The molecule has 1 saturated heterocycles. The fraction of sp³-hybridized carbons (Fsp3) is 0.600. The molecule has 0 bridgehead atoms. The standard InChI is InChI=1S/C15H23N7OS/c1-15(2,3)12-19-11(20-23-12)10-18-13(16)21-5-7-22(8-6-21)14-17-4-9-24-14/h4,9H,5-8,10H2,1-3H3,(H2,16,18). The Bertz CT molecular complexity index is 681. The predicted molar refractivity (Wildman–Crippen MR) is 94.2 cm³/mol. The largest absolute Gasteiger partial charge is 0.370 e. The van der Waals surface area contributed by atoms with Crippen LogP contribution in [0.15, 0.2) is 21.1 Å². The lowest BCUT2D eigenvalue weighted by Crippen LogP contribution is -2.51. The number of hydrogen-bond donors (Lipinski definition) is 1. The summed E-state index contributed by atoms with van der Waals surface area (Å²) in [5.41, 5.74) is 5.95. The van der Waals surface area contributed by atoms with Crippen LogP contribution >= 0.6 is 11.3 Å². The van der Waals surface area contributed by atoms with Crippen LogP contribution in [-0.2, 0) is 12.0 Å². The van der Waals surface area contributed by atoms with E-state index in [1.54, 1.807) is 11.3 Å². The van der Waals surface area contributed by atoms with Crippen molar-refractivity contribution in [3.8, 4) is 0 Å². The van der Waals surface area contributed by atoms with Crippen LogP contribution < -0.4 is 10.6 Å². The molecule has 0 unspecified atom stereocenters. The molecule has 0 aromatic carbocycles. The molecule has 0 saturated carbocycles. The summed E-state index contributed by atoms with van der Waals surface area (Å²) in [6.07, 6.45) is 1.83. The fourth-order valence-electron chi connectivity index (χ4n) is 2.37. The van der Waals surface area contributed by atoms with Crippen molar-refractivity contribution in [3.05, 3.63) is 23.3 Å². The Labute approximate surface area is 145 Å². The average molecular weight is 349 g/mol. The molecule has 3 heterocycles. The maximum absolute atomic E-state index is 6.11. The molecule has 1 aliphatic heterocycles. The number of aromatic nitrogens is 3. The van der Waals surface area contributed by atoms with Crippen molar-refractivity contribution in [2.75, 3.05) is 31.1 Å². The minimum atomic E-state index is -0.160. The summed E-state index contributed by atoms with van der Waals surface area (Å²) in [4.78, 5) is 17.5. The van der Waals surface area contributed by atoms with Crippen LogP contribution in [0.25, 0.3) is 0 Å². The first-order valence-corrected chi connectivity index (χ1v) is 8.84. The van der Waals surface area contributed by atoms with Crippen molar-refractivity contribution in [1.82, 2.24) is 20.0 Å². The lowest BCUT2D eigenvalue weighted by molar-refractivity contribution is 0.318. The van der Waals surface area contributed by atoms with E-state index >= 15 is 0 Å². The summed E-state index contributed by atoms with van der Waals surface area (Å²) >= 11 is 1.66. The number of rotatable bonds is 3. The van der Waals surface area contributed by atoms with Gasteiger partial charge >= 0.3 is 0 Å². The number of guanidine groups is 1. The molecule has 1 aliphatic rings. The lowest BCUT2D eigenvalue weighted by atomic mass is 9.97. The average Bonchev–Trinajstić information content (AvgIpc) is 3.23. The van der Waals surface area contributed by atoms with Gasteiger partial charge < -0.3 is 20.1 Å². The molecule has 3 rings (SSSR count). The maximum Gasteiger partial charge on any atom is 0.232 e. The Morgan fingerprint density at radius 2 is 2.08 bits per heavy atom. The summed E-state index contributed by atoms with van der Waals surface area (Å²) in [5.74, 6) is 1.70. The second-order valence-corrected chi connectivity index (χ2v) is 7.60. The molecule has 0 atom stereocenters. The van der Waals surface area contributed by atoms with E-state index in [9.17, 15) is 0 Å². The zero-order chi connectivity index (χ0) is 17.2. The first-order valence-electron chi connectivity index (χ1n) is 7.96. The zero-order valence-corrected chi connectivity index (χ0v) is 15.1. The fourth-order valence-corrected chi connectivity index (χ4v) is 3.07. The van der Waals surface area contributed by atoms with E-state index in [-0.39, 0.29) is 5.41 Å². The first-order chi connectivity index (χ1) is 11.4. The summed E-state index contributed by atoms with van der Waals surface area (Å²) in [7, 11) is 0. The Hall–Kier alpha value is -2.16. The number of aliphatic imine (C=N–C) groups is 1. The number of nitrogens with zero attached hydrogens (tertiary/aromatic N) is 6. The Balaban J connectivity index is 1.54. The van der Waals surface area contributed by atoms with E-state index in [0.29, 0.717) is 24.2 Å². The van der Waals surface area contributed by atoms with Crippen LogP contribution in [0.3, 0.4) is 0 Å². The quantitative estimate of drug-likeness (QED) is 0.662. The molecule has 0 amide bonds. The zero-order valence-electron chi connectivity index (χ0n) is 14.3. The van der Waals surface area contributed by atoms with E-state index in [0.717, 1.165) is 31.3 Å². The van der Waals surface area contributed by atoms with Gasteiger partial charge in [-0.2, -0.15) is 4.98 Å². The van der Waals surface area contributed by atoms with Crippen LogP contribution in [0, 0.1) is 0 Å².